The summed E-state index contributed by atoms with van der Waals surface area (Å²) >= 11 is 3.30. The molecule has 2 heterocycles. The fourth-order valence-corrected chi connectivity index (χ4v) is 4.11. The van der Waals surface area contributed by atoms with E-state index in [1.807, 2.05) is 0 Å². The number of benzene rings is 1. The first-order valence-corrected chi connectivity index (χ1v) is 8.38. The average Bonchev–Trinajstić information content (AvgIpc) is 2.89. The van der Waals surface area contributed by atoms with Crippen molar-refractivity contribution in [1.82, 2.24) is 8.96 Å². The van der Waals surface area contributed by atoms with E-state index < -0.39 is 26.6 Å². The van der Waals surface area contributed by atoms with Crippen molar-refractivity contribution in [2.24, 2.45) is 0 Å². The number of fused-ring (bicyclic) bond motifs is 1. The quantitative estimate of drug-likeness (QED) is 0.675. The van der Waals surface area contributed by atoms with Gasteiger partial charge in [0.25, 0.3) is 10.0 Å². The maximum Gasteiger partial charge on any atom is 0.271 e. The maximum atomic E-state index is 13.9. The van der Waals surface area contributed by atoms with E-state index in [1.165, 1.54) is 6.20 Å². The van der Waals surface area contributed by atoms with Crippen LogP contribution in [0.15, 0.2) is 46.0 Å². The highest BCUT2D eigenvalue weighted by Gasteiger charge is 2.24. The van der Waals surface area contributed by atoms with Crippen LogP contribution in [0.4, 0.5) is 8.78 Å². The van der Waals surface area contributed by atoms with Crippen LogP contribution in [0, 0.1) is 18.6 Å². The first-order valence-electron chi connectivity index (χ1n) is 6.15. The summed E-state index contributed by atoms with van der Waals surface area (Å²) in [4.78, 5) is 3.51. The van der Waals surface area contributed by atoms with Crippen LogP contribution in [0.2, 0.25) is 0 Å². The summed E-state index contributed by atoms with van der Waals surface area (Å²) in [5, 5.41) is 0.638. The molecule has 0 aliphatic heterocycles. The SMILES string of the molecule is Cc1ncc(Br)c2ccn(S(=O)(=O)c3ccc(F)cc3F)c12. The van der Waals surface area contributed by atoms with Gasteiger partial charge in [-0.25, -0.2) is 21.2 Å². The van der Waals surface area contributed by atoms with Crippen LogP contribution in [0.1, 0.15) is 5.69 Å². The van der Waals surface area contributed by atoms with Crippen LogP contribution in [0.5, 0.6) is 0 Å². The molecule has 1 aromatic carbocycles. The van der Waals surface area contributed by atoms with E-state index in [-0.39, 0.29) is 0 Å². The van der Waals surface area contributed by atoms with Crippen LogP contribution in [0.3, 0.4) is 0 Å². The second kappa shape index (κ2) is 5.13. The molecule has 2 aromatic heterocycles. The Morgan fingerprint density at radius 2 is 1.95 bits per heavy atom. The van der Waals surface area contributed by atoms with Crippen molar-refractivity contribution >= 4 is 36.9 Å². The first kappa shape index (κ1) is 15.1. The van der Waals surface area contributed by atoms with Crippen molar-refractivity contribution in [1.29, 1.82) is 0 Å². The summed E-state index contributed by atoms with van der Waals surface area (Å²) in [5.74, 6) is -1.98. The molecule has 0 unspecified atom stereocenters. The summed E-state index contributed by atoms with van der Waals surface area (Å²) in [5.41, 5.74) is 0.826. The van der Waals surface area contributed by atoms with Crippen LogP contribution in [-0.4, -0.2) is 17.4 Å². The fraction of sp³-hybridized carbons (Fsp3) is 0.0714. The second-order valence-corrected chi connectivity index (χ2v) is 7.28. The first-order chi connectivity index (χ1) is 10.3. The molecule has 3 rings (SSSR count). The van der Waals surface area contributed by atoms with Gasteiger partial charge in [-0.2, -0.15) is 0 Å². The topological polar surface area (TPSA) is 52.0 Å². The largest absolute Gasteiger partial charge is 0.271 e. The molecule has 0 atom stereocenters. The zero-order chi connectivity index (χ0) is 16.1. The number of nitrogens with zero attached hydrogens (tertiary/aromatic N) is 2. The van der Waals surface area contributed by atoms with Crippen molar-refractivity contribution in [3.05, 3.63) is 58.5 Å². The minimum atomic E-state index is -4.19. The highest BCUT2D eigenvalue weighted by molar-refractivity contribution is 9.10. The van der Waals surface area contributed by atoms with Gasteiger partial charge in [-0.15, -0.1) is 0 Å². The summed E-state index contributed by atoms with van der Waals surface area (Å²) < 4.78 is 53.8. The van der Waals surface area contributed by atoms with Crippen molar-refractivity contribution in [3.63, 3.8) is 0 Å². The van der Waals surface area contributed by atoms with Crippen LogP contribution >= 0.6 is 15.9 Å². The van der Waals surface area contributed by atoms with E-state index in [0.29, 0.717) is 27.1 Å². The molecule has 3 aromatic rings. The highest BCUT2D eigenvalue weighted by Crippen LogP contribution is 2.29. The molecule has 0 N–H and O–H groups in total. The monoisotopic (exact) mass is 386 g/mol. The fourth-order valence-electron chi connectivity index (χ4n) is 2.24. The maximum absolute atomic E-state index is 13.9. The predicted molar refractivity (Wildman–Crippen MR) is 81.1 cm³/mol. The Bertz CT molecular complexity index is 999. The smallest absolute Gasteiger partial charge is 0.258 e. The highest BCUT2D eigenvalue weighted by atomic mass is 79.9. The van der Waals surface area contributed by atoms with Crippen LogP contribution < -0.4 is 0 Å². The van der Waals surface area contributed by atoms with E-state index in [1.54, 1.807) is 19.2 Å². The van der Waals surface area contributed by atoms with Crippen molar-refractivity contribution in [2.45, 2.75) is 11.8 Å². The van der Waals surface area contributed by atoms with Crippen LogP contribution in [-0.2, 0) is 10.0 Å². The van der Waals surface area contributed by atoms with Crippen molar-refractivity contribution < 1.29 is 17.2 Å². The lowest BCUT2D eigenvalue weighted by Crippen LogP contribution is -2.14. The molecule has 0 aliphatic rings. The van der Waals surface area contributed by atoms with Crippen molar-refractivity contribution in [3.8, 4) is 0 Å². The Kier molecular flexibility index (Phi) is 3.53. The molecule has 0 spiro atoms. The van der Waals surface area contributed by atoms with E-state index in [9.17, 15) is 17.2 Å². The second-order valence-electron chi connectivity index (χ2n) is 4.65. The summed E-state index contributed by atoms with van der Waals surface area (Å²) in [6.07, 6.45) is 2.88. The van der Waals surface area contributed by atoms with E-state index in [4.69, 9.17) is 0 Å². The minimum Gasteiger partial charge on any atom is -0.258 e. The third-order valence-electron chi connectivity index (χ3n) is 3.25. The van der Waals surface area contributed by atoms with Crippen LogP contribution in [0.25, 0.3) is 10.9 Å². The molecule has 0 bridgehead atoms. The van der Waals surface area contributed by atoms with Gasteiger partial charge >= 0.3 is 0 Å². The molecule has 0 amide bonds. The van der Waals surface area contributed by atoms with Gasteiger partial charge in [0.05, 0.1) is 11.2 Å². The lowest BCUT2D eigenvalue weighted by Gasteiger charge is -2.10. The normalized spacial score (nSPS) is 12.0. The number of rotatable bonds is 2. The third kappa shape index (κ3) is 2.22. The van der Waals surface area contributed by atoms with E-state index in [2.05, 4.69) is 20.9 Å². The predicted octanol–water partition coefficient (Wildman–Crippen LogP) is 3.62. The number of pyridine rings is 1. The molecule has 0 radical (unpaired) electrons. The Morgan fingerprint density at radius 3 is 2.64 bits per heavy atom. The number of hydrogen-bond donors (Lipinski definition) is 0. The van der Waals surface area contributed by atoms with Gasteiger partial charge in [-0.3, -0.25) is 4.98 Å². The minimum absolute atomic E-state index is 0.345. The molecule has 0 aliphatic carbocycles. The molecule has 4 nitrogen and oxygen atoms in total. The third-order valence-corrected chi connectivity index (χ3v) is 5.60. The molecule has 114 valence electrons. The number of halogens is 3. The Balaban J connectivity index is 2.33. The van der Waals surface area contributed by atoms with E-state index in [0.717, 1.165) is 16.1 Å². The zero-order valence-corrected chi connectivity index (χ0v) is 13.6. The number of aryl methyl sites for hydroxylation is 1. The summed E-state index contributed by atoms with van der Waals surface area (Å²) in [6, 6.07) is 3.95. The molecule has 22 heavy (non-hydrogen) atoms. The average molecular weight is 387 g/mol. The van der Waals surface area contributed by atoms with Gasteiger partial charge in [0.1, 0.15) is 16.5 Å². The molecule has 0 saturated heterocycles. The Morgan fingerprint density at radius 1 is 1.23 bits per heavy atom. The van der Waals surface area contributed by atoms with Gasteiger partial charge in [-0.05, 0) is 41.1 Å². The van der Waals surface area contributed by atoms with Crippen molar-refractivity contribution in [2.75, 3.05) is 0 Å². The standard InChI is InChI=1S/C14H9BrF2N2O2S/c1-8-14-10(11(15)7-18-8)4-5-19(14)22(20,21)13-3-2-9(16)6-12(13)17/h2-7H,1H3. The molecule has 0 fully saturated rings. The summed E-state index contributed by atoms with van der Waals surface area (Å²) in [7, 11) is -4.19. The van der Waals surface area contributed by atoms with Gasteiger partial charge in [0, 0.05) is 28.3 Å². The lowest BCUT2D eigenvalue weighted by atomic mass is 10.3. The van der Waals surface area contributed by atoms with Gasteiger partial charge in [-0.1, -0.05) is 0 Å². The molecule has 8 heteroatoms. The van der Waals surface area contributed by atoms with Gasteiger partial charge in [0.2, 0.25) is 0 Å². The van der Waals surface area contributed by atoms with Gasteiger partial charge in [0.15, 0.2) is 0 Å². The summed E-state index contributed by atoms with van der Waals surface area (Å²) in [6.45, 7) is 1.65. The molecule has 0 saturated carbocycles. The number of aromatic nitrogens is 2. The Labute approximate surface area is 133 Å². The van der Waals surface area contributed by atoms with Gasteiger partial charge < -0.3 is 0 Å². The molecular weight excluding hydrogens is 378 g/mol. The zero-order valence-electron chi connectivity index (χ0n) is 11.2. The number of hydrogen-bond acceptors (Lipinski definition) is 3. The lowest BCUT2D eigenvalue weighted by molar-refractivity contribution is 0.546. The molecular formula is C14H9BrF2N2O2S. The Hall–Kier alpha value is -1.80. The van der Waals surface area contributed by atoms with E-state index >= 15 is 0 Å².